The molecule has 0 bridgehead atoms. The van der Waals surface area contributed by atoms with Gasteiger partial charge < -0.3 is 20.2 Å². The summed E-state index contributed by atoms with van der Waals surface area (Å²) in [4.78, 5) is 16.6. The average Bonchev–Trinajstić information content (AvgIpc) is 3.09. The highest BCUT2D eigenvalue weighted by Crippen LogP contribution is 2.25. The predicted molar refractivity (Wildman–Crippen MR) is 119 cm³/mol. The lowest BCUT2D eigenvalue weighted by atomic mass is 10.2. The third kappa shape index (κ3) is 5.05. The normalized spacial score (nSPS) is 14.7. The number of carbonyl (C=O) groups is 1. The maximum Gasteiger partial charge on any atom is 0.251 e. The third-order valence-corrected chi connectivity index (χ3v) is 6.58. The van der Waals surface area contributed by atoms with Gasteiger partial charge in [-0.15, -0.1) is 0 Å². The second-order valence-corrected chi connectivity index (χ2v) is 8.58. The molecule has 164 valence electrons. The van der Waals surface area contributed by atoms with Gasteiger partial charge in [0.15, 0.2) is 0 Å². The van der Waals surface area contributed by atoms with E-state index in [0.717, 1.165) is 41.3 Å². The van der Waals surface area contributed by atoms with Crippen molar-refractivity contribution in [3.8, 4) is 5.75 Å². The summed E-state index contributed by atoms with van der Waals surface area (Å²) in [5.41, 5.74) is 1.61. The van der Waals surface area contributed by atoms with Crippen LogP contribution in [0.4, 0.5) is 10.1 Å². The van der Waals surface area contributed by atoms with Crippen molar-refractivity contribution in [1.82, 2.24) is 10.2 Å². The molecule has 1 amide bonds. The molecule has 4 rings (SSSR count). The van der Waals surface area contributed by atoms with Crippen LogP contribution < -0.4 is 19.7 Å². The van der Waals surface area contributed by atoms with Crippen molar-refractivity contribution in [2.75, 3.05) is 51.3 Å². The number of carbonyl (C=O) groups excluding carboxylic acids is 1. The lowest BCUT2D eigenvalue weighted by Gasteiger charge is -2.35. The number of thiazole rings is 1. The molecule has 0 unspecified atom stereocenters. The van der Waals surface area contributed by atoms with Gasteiger partial charge in [0.05, 0.1) is 20.1 Å². The highest BCUT2D eigenvalue weighted by molar-refractivity contribution is 7.18. The second-order valence-electron chi connectivity index (χ2n) is 7.46. The number of aromatic nitrogens is 1. The van der Waals surface area contributed by atoms with E-state index in [4.69, 9.17) is 4.74 Å². The first-order valence-corrected chi connectivity index (χ1v) is 11.0. The van der Waals surface area contributed by atoms with Crippen LogP contribution in [0.25, 0.3) is 10.2 Å². The van der Waals surface area contributed by atoms with Gasteiger partial charge in [0.2, 0.25) is 11.4 Å². The first-order valence-electron chi connectivity index (χ1n) is 10.2. The number of ether oxygens (including phenoxy) is 1. The Morgan fingerprint density at radius 1 is 1.19 bits per heavy atom. The molecule has 1 aliphatic heterocycles. The molecule has 1 aromatic heterocycles. The number of hydrogen-bond acceptors (Lipinski definition) is 6. The minimum Gasteiger partial charge on any atom is -0.617 e. The molecule has 1 saturated heterocycles. The lowest BCUT2D eigenvalue weighted by molar-refractivity contribution is -0.580. The zero-order valence-corrected chi connectivity index (χ0v) is 18.2. The first-order chi connectivity index (χ1) is 15.0. The van der Waals surface area contributed by atoms with E-state index in [-0.39, 0.29) is 11.7 Å². The van der Waals surface area contributed by atoms with Crippen LogP contribution >= 0.6 is 11.3 Å². The molecule has 0 saturated carbocycles. The summed E-state index contributed by atoms with van der Waals surface area (Å²) in [5.74, 6) is 0.432. The van der Waals surface area contributed by atoms with E-state index in [2.05, 4.69) is 15.1 Å². The van der Waals surface area contributed by atoms with E-state index >= 15 is 0 Å². The van der Waals surface area contributed by atoms with Crippen LogP contribution in [0.5, 0.6) is 5.75 Å². The van der Waals surface area contributed by atoms with Crippen LogP contribution in [0.2, 0.25) is 0 Å². The molecular weight excluding hydrogens is 419 g/mol. The van der Waals surface area contributed by atoms with Gasteiger partial charge in [-0.2, -0.15) is 4.73 Å². The van der Waals surface area contributed by atoms with Crippen molar-refractivity contribution in [2.45, 2.75) is 6.42 Å². The zero-order valence-electron chi connectivity index (χ0n) is 17.3. The monoisotopic (exact) mass is 444 g/mol. The van der Waals surface area contributed by atoms with E-state index < -0.39 is 0 Å². The van der Waals surface area contributed by atoms with Gasteiger partial charge in [0.1, 0.15) is 16.3 Å². The van der Waals surface area contributed by atoms with Crippen molar-refractivity contribution in [2.24, 2.45) is 0 Å². The third-order valence-electron chi connectivity index (χ3n) is 5.43. The Balaban J connectivity index is 1.22. The minimum atomic E-state index is -0.239. The summed E-state index contributed by atoms with van der Waals surface area (Å²) in [5, 5.41) is 16.0. The van der Waals surface area contributed by atoms with Crippen molar-refractivity contribution in [3.05, 3.63) is 58.5 Å². The molecule has 1 N–H and O–H groups in total. The Labute approximate surface area is 184 Å². The van der Waals surface area contributed by atoms with Gasteiger partial charge in [-0.05, 0) is 30.3 Å². The number of hydrogen-bond donors (Lipinski definition) is 1. The van der Waals surface area contributed by atoms with Crippen LogP contribution in [0.1, 0.15) is 5.01 Å². The molecule has 2 heterocycles. The van der Waals surface area contributed by atoms with Crippen LogP contribution in [-0.2, 0) is 11.2 Å². The Morgan fingerprint density at radius 2 is 1.94 bits per heavy atom. The highest BCUT2D eigenvalue weighted by Gasteiger charge is 2.20. The smallest absolute Gasteiger partial charge is 0.251 e. The fourth-order valence-electron chi connectivity index (χ4n) is 3.71. The summed E-state index contributed by atoms with van der Waals surface area (Å²) in [6, 6.07) is 11.9. The minimum absolute atomic E-state index is 0.0459. The maximum absolute atomic E-state index is 13.1. The van der Waals surface area contributed by atoms with Gasteiger partial charge in [-0.1, -0.05) is 11.3 Å². The molecule has 1 fully saturated rings. The lowest BCUT2D eigenvalue weighted by Crippen LogP contribution is -2.49. The molecule has 0 atom stereocenters. The number of piperazine rings is 1. The standard InChI is InChI=1S/C22H25FN4O3S/c1-30-18-6-7-19-20(14-18)31-22(27(19)29)8-9-24-21(28)15-25-10-12-26(13-11-25)17-4-2-16(23)3-5-17/h2-7,14H,8-13,15H2,1H3,(H,24,28). The van der Waals surface area contributed by atoms with Crippen LogP contribution in [0.3, 0.4) is 0 Å². The predicted octanol–water partition coefficient (Wildman–Crippen LogP) is 2.16. The largest absolute Gasteiger partial charge is 0.617 e. The van der Waals surface area contributed by atoms with E-state index in [1.165, 1.54) is 23.5 Å². The van der Waals surface area contributed by atoms with Gasteiger partial charge in [0.25, 0.3) is 5.01 Å². The highest BCUT2D eigenvalue weighted by atomic mass is 32.1. The molecule has 2 aromatic carbocycles. The number of rotatable bonds is 7. The number of anilines is 1. The molecular formula is C22H25FN4O3S. The number of fused-ring (bicyclic) bond motifs is 1. The van der Waals surface area contributed by atoms with E-state index in [1.807, 2.05) is 6.07 Å². The molecule has 3 aromatic rings. The molecule has 0 spiro atoms. The van der Waals surface area contributed by atoms with Crippen molar-refractivity contribution in [3.63, 3.8) is 0 Å². The Kier molecular flexibility index (Phi) is 6.53. The average molecular weight is 445 g/mol. The second kappa shape index (κ2) is 9.49. The molecule has 0 radical (unpaired) electrons. The summed E-state index contributed by atoms with van der Waals surface area (Å²) in [6.45, 7) is 3.87. The van der Waals surface area contributed by atoms with E-state index in [1.54, 1.807) is 31.4 Å². The quantitative estimate of drug-likeness (QED) is 0.447. The van der Waals surface area contributed by atoms with Crippen LogP contribution in [0, 0.1) is 11.0 Å². The molecule has 0 aliphatic carbocycles. The number of benzene rings is 2. The van der Waals surface area contributed by atoms with Crippen molar-refractivity contribution in [1.29, 1.82) is 0 Å². The first kappa shape index (κ1) is 21.3. The van der Waals surface area contributed by atoms with E-state index in [0.29, 0.717) is 35.8 Å². The fraction of sp³-hybridized carbons (Fsp3) is 0.364. The van der Waals surface area contributed by atoms with Gasteiger partial charge >= 0.3 is 0 Å². The van der Waals surface area contributed by atoms with Gasteiger partial charge in [-0.25, -0.2) is 4.39 Å². The molecule has 1 aliphatic rings. The van der Waals surface area contributed by atoms with Crippen LogP contribution in [0.15, 0.2) is 42.5 Å². The number of methoxy groups -OCH3 is 1. The fourth-order valence-corrected chi connectivity index (χ4v) is 4.78. The summed E-state index contributed by atoms with van der Waals surface area (Å²) in [7, 11) is 1.60. The SMILES string of the molecule is COc1ccc2c(c1)sc(CCNC(=O)CN1CCN(c3ccc(F)cc3)CC1)[n+]2[O-]. The number of nitrogens with zero attached hydrogens (tertiary/aromatic N) is 3. The molecule has 9 heteroatoms. The number of amides is 1. The van der Waals surface area contributed by atoms with Crippen molar-refractivity contribution >= 4 is 33.1 Å². The van der Waals surface area contributed by atoms with Gasteiger partial charge in [0, 0.05) is 50.5 Å². The molecule has 7 nitrogen and oxygen atoms in total. The Morgan fingerprint density at radius 3 is 2.65 bits per heavy atom. The number of nitrogens with one attached hydrogen (secondary N) is 1. The molecule has 31 heavy (non-hydrogen) atoms. The Bertz CT molecular complexity index is 1050. The summed E-state index contributed by atoms with van der Waals surface area (Å²) >= 11 is 1.42. The summed E-state index contributed by atoms with van der Waals surface area (Å²) < 4.78 is 20.1. The number of halogens is 1. The van der Waals surface area contributed by atoms with Gasteiger partial charge in [-0.3, -0.25) is 9.69 Å². The van der Waals surface area contributed by atoms with Crippen LogP contribution in [-0.4, -0.2) is 57.2 Å². The Hall–Kier alpha value is -2.91. The van der Waals surface area contributed by atoms with Crippen molar-refractivity contribution < 1.29 is 18.7 Å². The van der Waals surface area contributed by atoms with E-state index in [9.17, 15) is 14.4 Å². The maximum atomic E-state index is 13.1. The zero-order chi connectivity index (χ0) is 21.8. The summed E-state index contributed by atoms with van der Waals surface area (Å²) in [6.07, 6.45) is 0.481. The topological polar surface area (TPSA) is 71.8 Å².